The molecule has 0 saturated carbocycles. The van der Waals surface area contributed by atoms with E-state index in [1.807, 2.05) is 0 Å². The highest BCUT2D eigenvalue weighted by Crippen LogP contribution is 2.34. The van der Waals surface area contributed by atoms with Crippen LogP contribution >= 0.6 is 0 Å². The lowest BCUT2D eigenvalue weighted by Crippen LogP contribution is -2.21. The molecule has 1 atom stereocenters. The topological polar surface area (TPSA) is 48.0 Å². The van der Waals surface area contributed by atoms with Crippen LogP contribution in [-0.2, 0) is 6.42 Å². The Balaban J connectivity index is 2.34. The van der Waals surface area contributed by atoms with E-state index in [2.05, 4.69) is 36.6 Å². The first kappa shape index (κ1) is 11.1. The molecule has 1 aliphatic rings. The Kier molecular flexibility index (Phi) is 2.30. The van der Waals surface area contributed by atoms with Crippen LogP contribution in [0.2, 0.25) is 0 Å². The van der Waals surface area contributed by atoms with Crippen molar-refractivity contribution in [1.29, 1.82) is 0 Å². The van der Waals surface area contributed by atoms with E-state index in [0.717, 1.165) is 17.7 Å². The van der Waals surface area contributed by atoms with Crippen molar-refractivity contribution >= 4 is 5.69 Å². The van der Waals surface area contributed by atoms with Gasteiger partial charge in [0.25, 0.3) is 0 Å². The number of hydrogen-bond acceptors (Lipinski definition) is 2. The predicted octanol–water partition coefficient (Wildman–Crippen LogP) is 2.52. The third kappa shape index (κ3) is 1.55. The van der Waals surface area contributed by atoms with E-state index in [1.54, 1.807) is 12.3 Å². The number of rotatable bonds is 0. The number of aryl methyl sites for hydroxylation is 1. The van der Waals surface area contributed by atoms with E-state index in [4.69, 9.17) is 5.73 Å². The average molecular weight is 240 g/mol. The third-order valence-corrected chi connectivity index (χ3v) is 3.64. The van der Waals surface area contributed by atoms with Gasteiger partial charge in [-0.25, -0.2) is 0 Å². The van der Waals surface area contributed by atoms with E-state index < -0.39 is 0 Å². The van der Waals surface area contributed by atoms with Gasteiger partial charge in [-0.05, 0) is 31.9 Å². The van der Waals surface area contributed by atoms with Gasteiger partial charge in [0.15, 0.2) is 0 Å². The zero-order valence-electron chi connectivity index (χ0n) is 10.6. The molecule has 0 bridgehead atoms. The van der Waals surface area contributed by atoms with Crippen molar-refractivity contribution in [2.24, 2.45) is 0 Å². The van der Waals surface area contributed by atoms with Gasteiger partial charge in [-0.3, -0.25) is 4.79 Å². The summed E-state index contributed by atoms with van der Waals surface area (Å²) in [7, 11) is 0. The van der Waals surface area contributed by atoms with Crippen LogP contribution in [0.15, 0.2) is 35.3 Å². The van der Waals surface area contributed by atoms with Crippen molar-refractivity contribution in [2.75, 3.05) is 5.73 Å². The monoisotopic (exact) mass is 240 g/mol. The molecule has 0 aliphatic carbocycles. The van der Waals surface area contributed by atoms with Crippen LogP contribution in [0.1, 0.15) is 24.1 Å². The van der Waals surface area contributed by atoms with Crippen LogP contribution in [0.5, 0.6) is 0 Å². The van der Waals surface area contributed by atoms with Gasteiger partial charge >= 0.3 is 0 Å². The summed E-state index contributed by atoms with van der Waals surface area (Å²) < 4.78 is 2.11. The number of fused-ring (bicyclic) bond motifs is 3. The molecular formula is C15H16N2O. The van der Waals surface area contributed by atoms with Crippen LogP contribution in [-0.4, -0.2) is 4.57 Å². The van der Waals surface area contributed by atoms with Crippen molar-refractivity contribution in [1.82, 2.24) is 4.57 Å². The molecule has 0 saturated heterocycles. The lowest BCUT2D eigenvalue weighted by molar-refractivity contribution is 0.534. The average Bonchev–Trinajstić information content (AvgIpc) is 2.33. The van der Waals surface area contributed by atoms with E-state index in [1.165, 1.54) is 11.1 Å². The molecule has 3 heteroatoms. The number of aromatic nitrogens is 1. The first-order valence-electron chi connectivity index (χ1n) is 6.18. The second-order valence-electron chi connectivity index (χ2n) is 5.10. The molecule has 0 fully saturated rings. The fourth-order valence-electron chi connectivity index (χ4n) is 2.67. The first-order valence-corrected chi connectivity index (χ1v) is 6.18. The van der Waals surface area contributed by atoms with Gasteiger partial charge in [-0.15, -0.1) is 0 Å². The lowest BCUT2D eigenvalue weighted by atomic mass is 9.92. The molecule has 1 aromatic carbocycles. The SMILES string of the molecule is Cc1ccc2c(c1)-c1cc(=O)c(N)cn1C(C)C2. The summed E-state index contributed by atoms with van der Waals surface area (Å²) in [5, 5.41) is 0. The lowest BCUT2D eigenvalue weighted by Gasteiger charge is -2.28. The van der Waals surface area contributed by atoms with E-state index in [9.17, 15) is 4.79 Å². The molecule has 2 N–H and O–H groups in total. The second-order valence-corrected chi connectivity index (χ2v) is 5.10. The smallest absolute Gasteiger partial charge is 0.205 e. The molecule has 3 nitrogen and oxygen atoms in total. The number of anilines is 1. The molecule has 0 spiro atoms. The summed E-state index contributed by atoms with van der Waals surface area (Å²) in [6.45, 7) is 4.22. The molecular weight excluding hydrogens is 224 g/mol. The normalized spacial score (nSPS) is 17.1. The molecule has 18 heavy (non-hydrogen) atoms. The highest BCUT2D eigenvalue weighted by Gasteiger charge is 2.21. The van der Waals surface area contributed by atoms with Gasteiger partial charge in [0, 0.05) is 23.9 Å². The van der Waals surface area contributed by atoms with Gasteiger partial charge in [0.2, 0.25) is 5.43 Å². The Labute approximate surface area is 106 Å². The van der Waals surface area contributed by atoms with Crippen molar-refractivity contribution in [3.63, 3.8) is 0 Å². The van der Waals surface area contributed by atoms with Crippen LogP contribution in [0.4, 0.5) is 5.69 Å². The van der Waals surface area contributed by atoms with Crippen LogP contribution in [0, 0.1) is 6.92 Å². The van der Waals surface area contributed by atoms with E-state index >= 15 is 0 Å². The van der Waals surface area contributed by atoms with Crippen LogP contribution in [0.25, 0.3) is 11.3 Å². The Morgan fingerprint density at radius 1 is 1.33 bits per heavy atom. The highest BCUT2D eigenvalue weighted by atomic mass is 16.1. The van der Waals surface area contributed by atoms with Crippen molar-refractivity contribution < 1.29 is 0 Å². The van der Waals surface area contributed by atoms with Crippen molar-refractivity contribution in [2.45, 2.75) is 26.3 Å². The summed E-state index contributed by atoms with van der Waals surface area (Å²) in [5.74, 6) is 0. The minimum absolute atomic E-state index is 0.0946. The van der Waals surface area contributed by atoms with Crippen LogP contribution in [0.3, 0.4) is 0 Å². The van der Waals surface area contributed by atoms with Crippen molar-refractivity contribution in [3.05, 3.63) is 51.8 Å². The predicted molar refractivity (Wildman–Crippen MR) is 73.7 cm³/mol. The fourth-order valence-corrected chi connectivity index (χ4v) is 2.67. The largest absolute Gasteiger partial charge is 0.394 e. The summed E-state index contributed by atoms with van der Waals surface area (Å²) in [5.41, 5.74) is 10.6. The van der Waals surface area contributed by atoms with Gasteiger partial charge < -0.3 is 10.3 Å². The number of hydrogen-bond donors (Lipinski definition) is 1. The maximum atomic E-state index is 11.8. The first-order chi connectivity index (χ1) is 8.56. The summed E-state index contributed by atoms with van der Waals surface area (Å²) in [6.07, 6.45) is 2.75. The van der Waals surface area contributed by atoms with Gasteiger partial charge in [0.1, 0.15) is 0 Å². The molecule has 1 aromatic heterocycles. The maximum absolute atomic E-state index is 11.8. The quantitative estimate of drug-likeness (QED) is 0.769. The molecule has 3 rings (SSSR count). The van der Waals surface area contributed by atoms with E-state index in [-0.39, 0.29) is 5.43 Å². The number of nitrogen functional groups attached to an aromatic ring is 1. The number of benzene rings is 1. The second kappa shape index (κ2) is 3.73. The summed E-state index contributed by atoms with van der Waals surface area (Å²) in [4.78, 5) is 11.8. The number of nitrogens with zero attached hydrogens (tertiary/aromatic N) is 1. The number of pyridine rings is 1. The third-order valence-electron chi connectivity index (χ3n) is 3.64. The van der Waals surface area contributed by atoms with Gasteiger partial charge in [0.05, 0.1) is 11.4 Å². The summed E-state index contributed by atoms with van der Waals surface area (Å²) in [6, 6.07) is 8.41. The Morgan fingerprint density at radius 3 is 2.89 bits per heavy atom. The Bertz CT molecular complexity index is 685. The van der Waals surface area contributed by atoms with Gasteiger partial charge in [-0.1, -0.05) is 17.7 Å². The minimum atomic E-state index is -0.0946. The Hall–Kier alpha value is -2.03. The van der Waals surface area contributed by atoms with Gasteiger partial charge in [-0.2, -0.15) is 0 Å². The maximum Gasteiger partial charge on any atom is 0.205 e. The molecule has 2 aromatic rings. The van der Waals surface area contributed by atoms with Crippen molar-refractivity contribution in [3.8, 4) is 11.3 Å². The zero-order chi connectivity index (χ0) is 12.9. The zero-order valence-corrected chi connectivity index (χ0v) is 10.6. The molecule has 1 aliphatic heterocycles. The molecule has 2 heterocycles. The van der Waals surface area contributed by atoms with Crippen LogP contribution < -0.4 is 11.2 Å². The molecule has 1 unspecified atom stereocenters. The molecule has 0 amide bonds. The highest BCUT2D eigenvalue weighted by molar-refractivity contribution is 5.68. The molecule has 92 valence electrons. The minimum Gasteiger partial charge on any atom is -0.394 e. The molecule has 0 radical (unpaired) electrons. The summed E-state index contributed by atoms with van der Waals surface area (Å²) >= 11 is 0. The number of nitrogens with two attached hydrogens (primary N) is 1. The standard InChI is InChI=1S/C15H16N2O/c1-9-3-4-11-6-10(2)17-8-13(16)15(18)7-14(17)12(11)5-9/h3-5,7-8,10H,6,16H2,1-2H3. The van der Waals surface area contributed by atoms with E-state index in [0.29, 0.717) is 11.7 Å². The Morgan fingerprint density at radius 2 is 2.11 bits per heavy atom. The fraction of sp³-hybridized carbons (Fsp3) is 0.267.